The summed E-state index contributed by atoms with van der Waals surface area (Å²) in [6, 6.07) is 3.96. The average Bonchev–Trinajstić information content (AvgIpc) is 2.96. The summed E-state index contributed by atoms with van der Waals surface area (Å²) in [5.41, 5.74) is 2.91. The fourth-order valence-electron chi connectivity index (χ4n) is 2.31. The highest BCUT2D eigenvalue weighted by molar-refractivity contribution is 6.00. The molecule has 20 heavy (non-hydrogen) atoms. The molecule has 1 aliphatic rings. The Labute approximate surface area is 120 Å². The van der Waals surface area contributed by atoms with Crippen molar-refractivity contribution in [3.63, 3.8) is 0 Å². The topological polar surface area (TPSA) is 66.7 Å². The number of hydrogen-bond donors (Lipinski definition) is 2. The lowest BCUT2D eigenvalue weighted by molar-refractivity contribution is 0.232. The number of aliphatic imine (C=N–C) groups is 1. The molecule has 0 aromatic carbocycles. The minimum absolute atomic E-state index is 0.280. The summed E-state index contributed by atoms with van der Waals surface area (Å²) in [4.78, 5) is 8.83. The first kappa shape index (κ1) is 14.8. The van der Waals surface area contributed by atoms with Gasteiger partial charge in [0.25, 0.3) is 0 Å². The average molecular weight is 277 g/mol. The molecule has 0 atom stereocenters. The van der Waals surface area contributed by atoms with Crippen molar-refractivity contribution in [2.45, 2.75) is 45.6 Å². The van der Waals surface area contributed by atoms with Crippen LogP contribution >= 0.6 is 0 Å². The molecule has 1 aliphatic carbocycles. The van der Waals surface area contributed by atoms with Gasteiger partial charge in [-0.1, -0.05) is 26.7 Å². The van der Waals surface area contributed by atoms with Crippen molar-refractivity contribution in [2.75, 3.05) is 6.61 Å². The number of ether oxygens (including phenoxy) is 1. The standard InChI is InChI=1S/C15H23N3O2/c1-11(2)10-20-15-13(8-5-9-16-15)14(18-19)17-12-6-3-4-7-12/h5,8-9,11-12,19H,3-4,6-7,10H2,1-2H3,(H,17,18). The Morgan fingerprint density at radius 2 is 2.25 bits per heavy atom. The van der Waals surface area contributed by atoms with Gasteiger partial charge in [0.1, 0.15) is 0 Å². The number of pyridine rings is 1. The van der Waals surface area contributed by atoms with Crippen LogP contribution in [0.3, 0.4) is 0 Å². The van der Waals surface area contributed by atoms with Crippen molar-refractivity contribution in [1.29, 1.82) is 0 Å². The monoisotopic (exact) mass is 277 g/mol. The molecule has 110 valence electrons. The maximum atomic E-state index is 9.38. The van der Waals surface area contributed by atoms with E-state index in [1.165, 1.54) is 12.8 Å². The van der Waals surface area contributed by atoms with E-state index < -0.39 is 0 Å². The summed E-state index contributed by atoms with van der Waals surface area (Å²) in [5.74, 6) is 1.38. The van der Waals surface area contributed by atoms with Crippen LogP contribution in [0.2, 0.25) is 0 Å². The van der Waals surface area contributed by atoms with Gasteiger partial charge in [0, 0.05) is 6.20 Å². The van der Waals surface area contributed by atoms with E-state index in [1.54, 1.807) is 6.20 Å². The van der Waals surface area contributed by atoms with E-state index in [1.807, 2.05) is 12.1 Å². The van der Waals surface area contributed by atoms with E-state index in [9.17, 15) is 5.21 Å². The minimum Gasteiger partial charge on any atom is -0.477 e. The van der Waals surface area contributed by atoms with E-state index in [0.717, 1.165) is 12.8 Å². The maximum Gasteiger partial charge on any atom is 0.224 e. The Bertz CT molecular complexity index is 454. The van der Waals surface area contributed by atoms with Crippen LogP contribution in [0.15, 0.2) is 23.3 Å². The van der Waals surface area contributed by atoms with Crippen LogP contribution in [-0.2, 0) is 0 Å². The zero-order valence-electron chi connectivity index (χ0n) is 12.2. The van der Waals surface area contributed by atoms with Gasteiger partial charge in [-0.05, 0) is 30.9 Å². The Kier molecular flexibility index (Phi) is 5.35. The number of hydroxylamine groups is 1. The Hall–Kier alpha value is -1.62. The van der Waals surface area contributed by atoms with E-state index in [-0.39, 0.29) is 6.04 Å². The van der Waals surface area contributed by atoms with Gasteiger partial charge >= 0.3 is 0 Å². The number of aromatic nitrogens is 1. The summed E-state index contributed by atoms with van der Waals surface area (Å²) in [6.45, 7) is 4.76. The van der Waals surface area contributed by atoms with E-state index in [4.69, 9.17) is 4.74 Å². The Balaban J connectivity index is 2.19. The van der Waals surface area contributed by atoms with Gasteiger partial charge in [-0.3, -0.25) is 15.7 Å². The maximum absolute atomic E-state index is 9.38. The zero-order chi connectivity index (χ0) is 14.4. The second-order valence-electron chi connectivity index (χ2n) is 5.59. The molecule has 0 aliphatic heterocycles. The molecular weight excluding hydrogens is 254 g/mol. The first-order valence-electron chi connectivity index (χ1n) is 7.26. The van der Waals surface area contributed by atoms with Gasteiger partial charge < -0.3 is 4.74 Å². The van der Waals surface area contributed by atoms with Crippen LogP contribution in [-0.4, -0.2) is 28.7 Å². The summed E-state index contributed by atoms with van der Waals surface area (Å²) < 4.78 is 5.70. The van der Waals surface area contributed by atoms with Gasteiger partial charge in [0.15, 0.2) is 5.84 Å². The first-order valence-corrected chi connectivity index (χ1v) is 7.26. The molecule has 0 spiro atoms. The summed E-state index contributed by atoms with van der Waals surface area (Å²) in [5, 5.41) is 9.38. The molecule has 0 radical (unpaired) electrons. The van der Waals surface area contributed by atoms with Crippen molar-refractivity contribution >= 4 is 5.84 Å². The molecule has 1 aromatic heterocycles. The fourth-order valence-corrected chi connectivity index (χ4v) is 2.31. The van der Waals surface area contributed by atoms with Gasteiger partial charge in [-0.2, -0.15) is 0 Å². The number of rotatable bonds is 5. The second-order valence-corrected chi connectivity index (χ2v) is 5.59. The molecule has 0 unspecified atom stereocenters. The van der Waals surface area contributed by atoms with Crippen molar-refractivity contribution in [2.24, 2.45) is 10.9 Å². The van der Waals surface area contributed by atoms with Gasteiger partial charge in [-0.25, -0.2) is 4.98 Å². The molecule has 0 bridgehead atoms. The quantitative estimate of drug-likeness (QED) is 0.493. The highest BCUT2D eigenvalue weighted by atomic mass is 16.5. The predicted molar refractivity (Wildman–Crippen MR) is 78.3 cm³/mol. The van der Waals surface area contributed by atoms with Gasteiger partial charge in [0.05, 0.1) is 18.2 Å². The third-order valence-corrected chi connectivity index (χ3v) is 3.32. The molecule has 2 rings (SSSR count). The summed E-state index contributed by atoms with van der Waals surface area (Å²) >= 11 is 0. The number of hydrogen-bond acceptors (Lipinski definition) is 4. The van der Waals surface area contributed by atoms with Gasteiger partial charge in [0.2, 0.25) is 5.88 Å². The van der Waals surface area contributed by atoms with Crippen LogP contribution < -0.4 is 10.2 Å². The molecule has 5 nitrogen and oxygen atoms in total. The molecular formula is C15H23N3O2. The lowest BCUT2D eigenvalue weighted by Gasteiger charge is -2.14. The Morgan fingerprint density at radius 3 is 2.90 bits per heavy atom. The first-order chi connectivity index (χ1) is 9.70. The van der Waals surface area contributed by atoms with Crippen molar-refractivity contribution in [3.8, 4) is 5.88 Å². The number of amidine groups is 1. The van der Waals surface area contributed by atoms with Crippen LogP contribution in [0.5, 0.6) is 5.88 Å². The van der Waals surface area contributed by atoms with Crippen molar-refractivity contribution < 1.29 is 9.94 Å². The van der Waals surface area contributed by atoms with E-state index >= 15 is 0 Å². The van der Waals surface area contributed by atoms with Crippen molar-refractivity contribution in [1.82, 2.24) is 10.5 Å². The van der Waals surface area contributed by atoms with Crippen LogP contribution in [0.4, 0.5) is 0 Å². The SMILES string of the molecule is CC(C)COc1ncccc1C(=NC1CCCC1)NO. The van der Waals surface area contributed by atoms with Crippen molar-refractivity contribution in [3.05, 3.63) is 23.9 Å². The third-order valence-electron chi connectivity index (χ3n) is 3.32. The molecule has 0 amide bonds. The summed E-state index contributed by atoms with van der Waals surface area (Å²) in [6.07, 6.45) is 6.25. The normalized spacial score (nSPS) is 16.7. The van der Waals surface area contributed by atoms with Crippen LogP contribution in [0, 0.1) is 5.92 Å². The van der Waals surface area contributed by atoms with E-state index in [0.29, 0.717) is 29.8 Å². The highest BCUT2D eigenvalue weighted by Crippen LogP contribution is 2.23. The molecule has 1 fully saturated rings. The molecule has 1 saturated carbocycles. The van der Waals surface area contributed by atoms with Crippen LogP contribution in [0.25, 0.3) is 0 Å². The van der Waals surface area contributed by atoms with Crippen LogP contribution in [0.1, 0.15) is 45.1 Å². The highest BCUT2D eigenvalue weighted by Gasteiger charge is 2.17. The van der Waals surface area contributed by atoms with E-state index in [2.05, 4.69) is 29.3 Å². The van der Waals surface area contributed by atoms with Gasteiger partial charge in [-0.15, -0.1) is 0 Å². The molecule has 2 N–H and O–H groups in total. The lowest BCUT2D eigenvalue weighted by Crippen LogP contribution is -2.24. The largest absolute Gasteiger partial charge is 0.477 e. The lowest BCUT2D eigenvalue weighted by atomic mass is 10.2. The predicted octanol–water partition coefficient (Wildman–Crippen LogP) is 2.78. The summed E-state index contributed by atoms with van der Waals surface area (Å²) in [7, 11) is 0. The molecule has 5 heteroatoms. The number of nitrogens with zero attached hydrogens (tertiary/aromatic N) is 2. The zero-order valence-corrected chi connectivity index (χ0v) is 12.2. The Morgan fingerprint density at radius 1 is 1.50 bits per heavy atom. The minimum atomic E-state index is 0.280. The fraction of sp³-hybridized carbons (Fsp3) is 0.600. The second kappa shape index (κ2) is 7.24. The molecule has 1 heterocycles. The molecule has 1 aromatic rings. The number of nitrogens with one attached hydrogen (secondary N) is 1. The molecule has 0 saturated heterocycles. The third kappa shape index (κ3) is 3.93. The smallest absolute Gasteiger partial charge is 0.224 e.